The summed E-state index contributed by atoms with van der Waals surface area (Å²) in [6.07, 6.45) is 0. The van der Waals surface area contributed by atoms with Gasteiger partial charge < -0.3 is 14.8 Å². The van der Waals surface area contributed by atoms with Crippen molar-refractivity contribution in [2.75, 3.05) is 20.8 Å². The second kappa shape index (κ2) is 8.82. The summed E-state index contributed by atoms with van der Waals surface area (Å²) in [5.41, 5.74) is -0.851. The molecule has 0 atom stereocenters. The highest BCUT2D eigenvalue weighted by atomic mass is 32.2. The molecule has 0 fully saturated rings. The molecule has 0 aliphatic heterocycles. The minimum absolute atomic E-state index is 0.0423. The fourth-order valence-corrected chi connectivity index (χ4v) is 3.53. The minimum atomic E-state index is -3.98. The molecular weight excluding hydrogens is 378 g/mol. The first-order valence-corrected chi connectivity index (χ1v) is 9.28. The van der Waals surface area contributed by atoms with Gasteiger partial charge in [0.2, 0.25) is 10.0 Å². The SMILES string of the molecule is CNC(=O)NC(=O)COC(=O)c1ccc(OC)c(S(=O)(=O)NC(C)(C)C)c1. The molecule has 1 aromatic rings. The van der Waals surface area contributed by atoms with Crippen molar-refractivity contribution in [3.63, 3.8) is 0 Å². The molecule has 0 saturated carbocycles. The number of amides is 3. The van der Waals surface area contributed by atoms with Gasteiger partial charge in [-0.25, -0.2) is 22.7 Å². The van der Waals surface area contributed by atoms with Gasteiger partial charge in [-0.05, 0) is 39.0 Å². The van der Waals surface area contributed by atoms with E-state index in [1.165, 1.54) is 26.3 Å². The number of rotatable bonds is 6. The van der Waals surface area contributed by atoms with E-state index in [1.807, 2.05) is 5.32 Å². The van der Waals surface area contributed by atoms with E-state index in [0.29, 0.717) is 0 Å². The monoisotopic (exact) mass is 401 g/mol. The molecule has 3 N–H and O–H groups in total. The summed E-state index contributed by atoms with van der Waals surface area (Å²) >= 11 is 0. The maximum Gasteiger partial charge on any atom is 0.338 e. The molecule has 1 rings (SSSR count). The first-order valence-electron chi connectivity index (χ1n) is 7.80. The number of methoxy groups -OCH3 is 1. The van der Waals surface area contributed by atoms with Gasteiger partial charge in [0.25, 0.3) is 5.91 Å². The Hall–Kier alpha value is -2.66. The Kier molecular flexibility index (Phi) is 7.31. The van der Waals surface area contributed by atoms with Crippen LogP contribution in [-0.2, 0) is 19.6 Å². The molecule has 10 nitrogen and oxygen atoms in total. The lowest BCUT2D eigenvalue weighted by molar-refractivity contribution is -0.123. The predicted molar refractivity (Wildman–Crippen MR) is 95.9 cm³/mol. The van der Waals surface area contributed by atoms with Crippen molar-refractivity contribution in [3.05, 3.63) is 23.8 Å². The predicted octanol–water partition coefficient (Wildman–Crippen LogP) is 0.384. The molecule has 0 spiro atoms. The first-order chi connectivity index (χ1) is 12.4. The van der Waals surface area contributed by atoms with Crippen LogP contribution in [-0.4, -0.2) is 52.6 Å². The summed E-state index contributed by atoms with van der Waals surface area (Å²) < 4.78 is 37.5. The van der Waals surface area contributed by atoms with Crippen LogP contribution in [0.1, 0.15) is 31.1 Å². The number of imide groups is 1. The number of sulfonamides is 1. The minimum Gasteiger partial charge on any atom is -0.495 e. The zero-order valence-electron chi connectivity index (χ0n) is 15.7. The van der Waals surface area contributed by atoms with Crippen LogP contribution in [0.4, 0.5) is 4.79 Å². The number of esters is 1. The normalized spacial score (nSPS) is 11.4. The molecule has 0 aliphatic rings. The third kappa shape index (κ3) is 6.87. The topological polar surface area (TPSA) is 140 Å². The van der Waals surface area contributed by atoms with Crippen molar-refractivity contribution in [1.29, 1.82) is 0 Å². The van der Waals surface area contributed by atoms with Crippen LogP contribution in [0.25, 0.3) is 0 Å². The van der Waals surface area contributed by atoms with E-state index < -0.39 is 40.1 Å². The number of hydrogen-bond donors (Lipinski definition) is 3. The van der Waals surface area contributed by atoms with E-state index in [4.69, 9.17) is 9.47 Å². The van der Waals surface area contributed by atoms with Crippen molar-refractivity contribution in [2.24, 2.45) is 0 Å². The van der Waals surface area contributed by atoms with E-state index in [1.54, 1.807) is 20.8 Å². The first kappa shape index (κ1) is 22.4. The number of carbonyl (C=O) groups is 3. The Balaban J connectivity index is 3.02. The number of benzene rings is 1. The lowest BCUT2D eigenvalue weighted by Gasteiger charge is -2.21. The van der Waals surface area contributed by atoms with E-state index in [0.717, 1.165) is 6.07 Å². The van der Waals surface area contributed by atoms with Crippen molar-refractivity contribution in [3.8, 4) is 5.75 Å². The number of nitrogens with one attached hydrogen (secondary N) is 3. The fraction of sp³-hybridized carbons (Fsp3) is 0.438. The van der Waals surface area contributed by atoms with E-state index >= 15 is 0 Å². The lowest BCUT2D eigenvalue weighted by Crippen LogP contribution is -2.40. The standard InChI is InChI=1S/C16H23N3O7S/c1-16(2,3)19-27(23,24)12-8-10(6-7-11(12)25-5)14(21)26-9-13(20)18-15(22)17-4/h6-8,19H,9H2,1-5H3,(H2,17,18,20,22). The van der Waals surface area contributed by atoms with Crippen LogP contribution >= 0.6 is 0 Å². The molecule has 0 heterocycles. The zero-order chi connectivity index (χ0) is 20.8. The molecule has 0 aliphatic carbocycles. The van der Waals surface area contributed by atoms with E-state index in [2.05, 4.69) is 10.0 Å². The molecule has 0 radical (unpaired) electrons. The Labute approximate surface area is 157 Å². The number of ether oxygens (including phenoxy) is 2. The van der Waals surface area contributed by atoms with Crippen LogP contribution in [0.5, 0.6) is 5.75 Å². The van der Waals surface area contributed by atoms with Crippen molar-refractivity contribution >= 4 is 27.9 Å². The summed E-state index contributed by atoms with van der Waals surface area (Å²) in [5.74, 6) is -1.73. The van der Waals surface area contributed by atoms with Gasteiger partial charge in [0.15, 0.2) is 6.61 Å². The largest absolute Gasteiger partial charge is 0.495 e. The summed E-state index contributed by atoms with van der Waals surface area (Å²) in [5, 5.41) is 4.10. The van der Waals surface area contributed by atoms with Gasteiger partial charge in [-0.2, -0.15) is 0 Å². The smallest absolute Gasteiger partial charge is 0.338 e. The molecule has 0 saturated heterocycles. The molecule has 27 heavy (non-hydrogen) atoms. The molecule has 0 unspecified atom stereocenters. The second-order valence-electron chi connectivity index (χ2n) is 6.42. The highest BCUT2D eigenvalue weighted by Gasteiger charge is 2.26. The van der Waals surface area contributed by atoms with Gasteiger partial charge in [-0.1, -0.05) is 0 Å². The summed E-state index contributed by atoms with van der Waals surface area (Å²) in [7, 11) is -1.37. The Bertz CT molecular complexity index is 829. The van der Waals surface area contributed by atoms with Crippen molar-refractivity contribution < 1.29 is 32.3 Å². The van der Waals surface area contributed by atoms with Gasteiger partial charge in [0.05, 0.1) is 12.7 Å². The molecule has 0 bridgehead atoms. The maximum atomic E-state index is 12.6. The van der Waals surface area contributed by atoms with E-state index in [9.17, 15) is 22.8 Å². The molecule has 0 aromatic heterocycles. The molecule has 3 amide bonds. The lowest BCUT2D eigenvalue weighted by atomic mass is 10.1. The van der Waals surface area contributed by atoms with Crippen LogP contribution in [0.3, 0.4) is 0 Å². The second-order valence-corrected chi connectivity index (χ2v) is 8.08. The Morgan fingerprint density at radius 1 is 1.15 bits per heavy atom. The number of carbonyl (C=O) groups excluding carboxylic acids is 3. The Morgan fingerprint density at radius 2 is 1.78 bits per heavy atom. The molecular formula is C16H23N3O7S. The average Bonchev–Trinajstić information content (AvgIpc) is 2.56. The highest BCUT2D eigenvalue weighted by Crippen LogP contribution is 2.26. The third-order valence-electron chi connectivity index (χ3n) is 2.94. The van der Waals surface area contributed by atoms with Gasteiger partial charge in [-0.3, -0.25) is 10.1 Å². The van der Waals surface area contributed by atoms with Crippen LogP contribution in [0.15, 0.2) is 23.1 Å². The van der Waals surface area contributed by atoms with Crippen LogP contribution < -0.4 is 20.1 Å². The van der Waals surface area contributed by atoms with E-state index in [-0.39, 0.29) is 16.2 Å². The molecule has 11 heteroatoms. The molecule has 150 valence electrons. The number of hydrogen-bond acceptors (Lipinski definition) is 7. The highest BCUT2D eigenvalue weighted by molar-refractivity contribution is 7.89. The summed E-state index contributed by atoms with van der Waals surface area (Å²) in [6.45, 7) is 4.29. The van der Waals surface area contributed by atoms with Crippen molar-refractivity contribution in [2.45, 2.75) is 31.2 Å². The van der Waals surface area contributed by atoms with Gasteiger partial charge in [-0.15, -0.1) is 0 Å². The van der Waals surface area contributed by atoms with Crippen LogP contribution in [0.2, 0.25) is 0 Å². The quantitative estimate of drug-likeness (QED) is 0.586. The zero-order valence-corrected chi connectivity index (χ0v) is 16.5. The summed E-state index contributed by atoms with van der Waals surface area (Å²) in [4.78, 5) is 34.3. The van der Waals surface area contributed by atoms with Gasteiger partial charge >= 0.3 is 12.0 Å². The van der Waals surface area contributed by atoms with Crippen molar-refractivity contribution in [1.82, 2.24) is 15.4 Å². The van der Waals surface area contributed by atoms with Gasteiger partial charge in [0.1, 0.15) is 10.6 Å². The molecule has 1 aromatic carbocycles. The Morgan fingerprint density at radius 3 is 2.30 bits per heavy atom. The van der Waals surface area contributed by atoms with Gasteiger partial charge in [0, 0.05) is 12.6 Å². The summed E-state index contributed by atoms with van der Waals surface area (Å²) in [6, 6.07) is 2.94. The number of urea groups is 1. The average molecular weight is 401 g/mol. The third-order valence-corrected chi connectivity index (χ3v) is 4.72. The fourth-order valence-electron chi connectivity index (χ4n) is 1.91. The maximum absolute atomic E-state index is 12.6. The van der Waals surface area contributed by atoms with Crippen LogP contribution in [0, 0.1) is 0 Å².